The zero-order chi connectivity index (χ0) is 11.2. The number of nitrogens with zero attached hydrogens (tertiary/aromatic N) is 1. The van der Waals surface area contributed by atoms with E-state index in [1.54, 1.807) is 0 Å². The molecular formula is C9H21N3O2. The highest BCUT2D eigenvalue weighted by Crippen LogP contribution is 2.00. The summed E-state index contributed by atoms with van der Waals surface area (Å²) in [7, 11) is 0. The third-order valence-electron chi connectivity index (χ3n) is 1.62. The maximum Gasteiger partial charge on any atom is 0.188 e. The third kappa shape index (κ3) is 6.68. The molecule has 0 aliphatic heterocycles. The minimum atomic E-state index is -1.19. The van der Waals surface area contributed by atoms with Crippen LogP contribution in [0.3, 0.4) is 0 Å². The van der Waals surface area contributed by atoms with Crippen molar-refractivity contribution in [2.45, 2.75) is 26.4 Å². The maximum atomic E-state index is 9.41. The zero-order valence-corrected chi connectivity index (χ0v) is 9.12. The van der Waals surface area contributed by atoms with Crippen molar-refractivity contribution in [2.75, 3.05) is 19.7 Å². The van der Waals surface area contributed by atoms with Gasteiger partial charge in [-0.15, -0.1) is 0 Å². The van der Waals surface area contributed by atoms with Gasteiger partial charge < -0.3 is 21.3 Å². The van der Waals surface area contributed by atoms with Crippen LogP contribution in [0.5, 0.6) is 0 Å². The number of hydrogen-bond donors (Lipinski definition) is 4. The molecule has 0 aromatic rings. The van der Waals surface area contributed by atoms with E-state index in [9.17, 15) is 5.11 Å². The number of nitrogens with one attached hydrogen (secondary N) is 1. The highest BCUT2D eigenvalue weighted by molar-refractivity contribution is 5.77. The Kier molecular flexibility index (Phi) is 5.49. The van der Waals surface area contributed by atoms with Gasteiger partial charge in [0.05, 0.1) is 13.2 Å². The maximum absolute atomic E-state index is 9.41. The second-order valence-electron chi connectivity index (χ2n) is 4.13. The molecule has 14 heavy (non-hydrogen) atoms. The molecule has 1 atom stereocenters. The number of aliphatic hydroxyl groups excluding tert-OH is 1. The molecule has 0 radical (unpaired) electrons. The summed E-state index contributed by atoms with van der Waals surface area (Å²) in [6, 6.07) is 0. The van der Waals surface area contributed by atoms with Crippen LogP contribution >= 0.6 is 0 Å². The van der Waals surface area contributed by atoms with Crippen LogP contribution in [0.25, 0.3) is 0 Å². The molecule has 0 spiro atoms. The largest absolute Gasteiger partial charge is 0.393 e. The predicted molar refractivity (Wildman–Crippen MR) is 57.0 cm³/mol. The zero-order valence-electron chi connectivity index (χ0n) is 9.12. The van der Waals surface area contributed by atoms with Crippen molar-refractivity contribution < 1.29 is 10.2 Å². The summed E-state index contributed by atoms with van der Waals surface area (Å²) in [4.78, 5) is 3.91. The van der Waals surface area contributed by atoms with E-state index in [4.69, 9.17) is 10.8 Å². The summed E-state index contributed by atoms with van der Waals surface area (Å²) in [6.45, 7) is 6.14. The number of aliphatic hydroxyl groups is 2. The Hall–Kier alpha value is -0.810. The first-order chi connectivity index (χ1) is 6.37. The molecule has 1 unspecified atom stereocenters. The molecule has 0 rings (SSSR count). The van der Waals surface area contributed by atoms with E-state index < -0.39 is 5.60 Å². The Bertz CT molecular complexity index is 190. The molecule has 84 valence electrons. The van der Waals surface area contributed by atoms with Crippen molar-refractivity contribution in [1.82, 2.24) is 5.32 Å². The van der Waals surface area contributed by atoms with Crippen LogP contribution in [0.1, 0.15) is 20.8 Å². The van der Waals surface area contributed by atoms with E-state index in [1.807, 2.05) is 0 Å². The predicted octanol–water partition coefficient (Wildman–Crippen LogP) is -0.710. The summed E-state index contributed by atoms with van der Waals surface area (Å²) in [5.74, 6) is 0.787. The monoisotopic (exact) mass is 203 g/mol. The van der Waals surface area contributed by atoms with Crippen LogP contribution < -0.4 is 11.1 Å². The van der Waals surface area contributed by atoms with Gasteiger partial charge >= 0.3 is 0 Å². The summed E-state index contributed by atoms with van der Waals surface area (Å²) >= 11 is 0. The minimum absolute atomic E-state index is 0.0976. The van der Waals surface area contributed by atoms with Gasteiger partial charge in [-0.1, -0.05) is 13.8 Å². The molecule has 0 amide bonds. The first-order valence-electron chi connectivity index (χ1n) is 4.74. The van der Waals surface area contributed by atoms with Crippen LogP contribution in [0, 0.1) is 5.92 Å². The number of hydrogen-bond acceptors (Lipinski definition) is 3. The third-order valence-corrected chi connectivity index (χ3v) is 1.62. The number of aliphatic imine (C=N–C) groups is 1. The molecule has 0 aliphatic rings. The first-order valence-corrected chi connectivity index (χ1v) is 4.74. The Morgan fingerprint density at radius 2 is 2.14 bits per heavy atom. The molecule has 5 heteroatoms. The number of nitrogens with two attached hydrogens (primary N) is 1. The summed E-state index contributed by atoms with van der Waals surface area (Å²) in [5, 5.41) is 21.1. The van der Waals surface area contributed by atoms with Gasteiger partial charge in [-0.2, -0.15) is 0 Å². The molecule has 0 aromatic carbocycles. The molecule has 0 bridgehead atoms. The van der Waals surface area contributed by atoms with Gasteiger partial charge in [0.15, 0.2) is 5.96 Å². The van der Waals surface area contributed by atoms with Gasteiger partial charge in [-0.3, -0.25) is 4.99 Å². The topological polar surface area (TPSA) is 90.9 Å². The average Bonchev–Trinajstić information content (AvgIpc) is 2.11. The molecule has 5 nitrogen and oxygen atoms in total. The lowest BCUT2D eigenvalue weighted by atomic mass is 10.1. The lowest BCUT2D eigenvalue weighted by Gasteiger charge is -2.17. The average molecular weight is 203 g/mol. The molecule has 5 N–H and O–H groups in total. The van der Waals surface area contributed by atoms with Gasteiger partial charge in [0.1, 0.15) is 5.60 Å². The highest BCUT2D eigenvalue weighted by atomic mass is 16.3. The Labute approximate surface area is 85.0 Å². The lowest BCUT2D eigenvalue weighted by molar-refractivity contribution is 0.0101. The van der Waals surface area contributed by atoms with Crippen LogP contribution in [0.4, 0.5) is 0 Å². The van der Waals surface area contributed by atoms with E-state index in [0.717, 1.165) is 6.54 Å². The van der Waals surface area contributed by atoms with E-state index in [2.05, 4.69) is 24.2 Å². The highest BCUT2D eigenvalue weighted by Gasteiger charge is 2.17. The van der Waals surface area contributed by atoms with Crippen molar-refractivity contribution >= 4 is 5.96 Å². The molecule has 0 fully saturated rings. The minimum Gasteiger partial charge on any atom is -0.393 e. The first kappa shape index (κ1) is 13.2. The van der Waals surface area contributed by atoms with Crippen LogP contribution in [-0.4, -0.2) is 41.5 Å². The number of rotatable bonds is 5. The van der Waals surface area contributed by atoms with Crippen LogP contribution in [0.15, 0.2) is 4.99 Å². The second kappa shape index (κ2) is 5.82. The van der Waals surface area contributed by atoms with Gasteiger partial charge in [0, 0.05) is 6.54 Å². The van der Waals surface area contributed by atoms with Crippen molar-refractivity contribution in [3.8, 4) is 0 Å². The Morgan fingerprint density at radius 3 is 2.57 bits per heavy atom. The Morgan fingerprint density at radius 1 is 1.57 bits per heavy atom. The van der Waals surface area contributed by atoms with E-state index >= 15 is 0 Å². The van der Waals surface area contributed by atoms with Crippen molar-refractivity contribution in [3.63, 3.8) is 0 Å². The smallest absolute Gasteiger partial charge is 0.188 e. The van der Waals surface area contributed by atoms with Crippen LogP contribution in [0.2, 0.25) is 0 Å². The van der Waals surface area contributed by atoms with Crippen LogP contribution in [-0.2, 0) is 0 Å². The van der Waals surface area contributed by atoms with E-state index in [0.29, 0.717) is 11.9 Å². The van der Waals surface area contributed by atoms with Gasteiger partial charge in [-0.05, 0) is 12.8 Å². The summed E-state index contributed by atoms with van der Waals surface area (Å²) < 4.78 is 0. The normalized spacial score (nSPS) is 16.9. The Balaban J connectivity index is 3.88. The molecule has 0 aliphatic carbocycles. The van der Waals surface area contributed by atoms with Gasteiger partial charge in [0.25, 0.3) is 0 Å². The lowest BCUT2D eigenvalue weighted by Crippen LogP contribution is -2.38. The molecular weight excluding hydrogens is 182 g/mol. The summed E-state index contributed by atoms with van der Waals surface area (Å²) in [6.07, 6.45) is 0. The van der Waals surface area contributed by atoms with Gasteiger partial charge in [-0.25, -0.2) is 0 Å². The second-order valence-corrected chi connectivity index (χ2v) is 4.13. The standard InChI is InChI=1S/C9H21N3O2/c1-7(2)4-11-8(10)12-5-9(3,14)6-13/h7,13-14H,4-6H2,1-3H3,(H3,10,11,12). The molecule has 0 saturated carbocycles. The quantitative estimate of drug-likeness (QED) is 0.351. The fourth-order valence-electron chi connectivity index (χ4n) is 0.670. The molecule has 0 heterocycles. The van der Waals surface area contributed by atoms with Crippen molar-refractivity contribution in [2.24, 2.45) is 16.6 Å². The molecule has 0 saturated heterocycles. The van der Waals surface area contributed by atoms with E-state index in [-0.39, 0.29) is 13.2 Å². The summed E-state index contributed by atoms with van der Waals surface area (Å²) in [5.41, 5.74) is 4.34. The fourth-order valence-corrected chi connectivity index (χ4v) is 0.670. The fraction of sp³-hybridized carbons (Fsp3) is 0.889. The molecule has 0 aromatic heterocycles. The number of guanidine groups is 1. The van der Waals surface area contributed by atoms with Gasteiger partial charge in [0.2, 0.25) is 0 Å². The van der Waals surface area contributed by atoms with Crippen molar-refractivity contribution in [1.29, 1.82) is 0 Å². The van der Waals surface area contributed by atoms with E-state index in [1.165, 1.54) is 6.92 Å². The van der Waals surface area contributed by atoms with Crippen molar-refractivity contribution in [3.05, 3.63) is 0 Å². The SMILES string of the molecule is CC(C)CNC(N)=NCC(C)(O)CO.